The molecule has 1 amide bonds. The quantitative estimate of drug-likeness (QED) is 0.667. The average Bonchev–Trinajstić information content (AvgIpc) is 3.04. The van der Waals surface area contributed by atoms with E-state index in [4.69, 9.17) is 32.4 Å². The molecule has 11 heteroatoms. The van der Waals surface area contributed by atoms with Gasteiger partial charge in [-0.2, -0.15) is 0 Å². The summed E-state index contributed by atoms with van der Waals surface area (Å²) in [5, 5.41) is 10.1. The molecule has 0 fully saturated rings. The first-order chi connectivity index (χ1) is 13.3. The summed E-state index contributed by atoms with van der Waals surface area (Å²) in [4.78, 5) is 12.1. The van der Waals surface area contributed by atoms with E-state index in [9.17, 15) is 13.2 Å². The van der Waals surface area contributed by atoms with Crippen LogP contribution in [0.2, 0.25) is 10.0 Å². The number of hydrogen-bond donors (Lipinski definition) is 1. The lowest BCUT2D eigenvalue weighted by Crippen LogP contribution is -2.37. The van der Waals surface area contributed by atoms with Gasteiger partial charge in [-0.25, -0.2) is 13.2 Å². The number of halogens is 2. The van der Waals surface area contributed by atoms with Crippen molar-refractivity contribution in [3.05, 3.63) is 39.7 Å². The SMILES string of the molecule is CC(C)[C@@H](NC(=O)OC(C)(C)C)c1nnc(S(=O)(=O)Cc2ccc(Cl)c(Cl)c2)o1. The topological polar surface area (TPSA) is 111 Å². The molecular weight excluding hydrogens is 441 g/mol. The molecule has 0 saturated carbocycles. The maximum Gasteiger partial charge on any atom is 0.408 e. The zero-order valence-electron chi connectivity index (χ0n) is 16.7. The molecular formula is C18H23Cl2N3O5S. The maximum absolute atomic E-state index is 12.6. The zero-order valence-corrected chi connectivity index (χ0v) is 19.0. The number of nitrogens with one attached hydrogen (secondary N) is 1. The number of rotatable bonds is 6. The van der Waals surface area contributed by atoms with Crippen LogP contribution < -0.4 is 5.32 Å². The summed E-state index contributed by atoms with van der Waals surface area (Å²) in [6.07, 6.45) is -0.672. The van der Waals surface area contributed by atoms with Gasteiger partial charge in [0.15, 0.2) is 0 Å². The highest BCUT2D eigenvalue weighted by Crippen LogP contribution is 2.26. The third-order valence-electron chi connectivity index (χ3n) is 3.63. The fourth-order valence-electron chi connectivity index (χ4n) is 2.33. The van der Waals surface area contributed by atoms with Gasteiger partial charge in [-0.15, -0.1) is 5.10 Å². The molecule has 1 heterocycles. The van der Waals surface area contributed by atoms with Crippen LogP contribution in [0.4, 0.5) is 4.79 Å². The first kappa shape index (κ1) is 23.4. The van der Waals surface area contributed by atoms with E-state index in [0.29, 0.717) is 10.6 Å². The fourth-order valence-corrected chi connectivity index (χ4v) is 3.77. The molecule has 1 aromatic heterocycles. The average molecular weight is 464 g/mol. The van der Waals surface area contributed by atoms with Gasteiger partial charge in [0.05, 0.1) is 15.8 Å². The standard InChI is InChI=1S/C18H23Cl2N3O5S/c1-10(2)14(21-16(24)28-18(3,4)5)15-22-23-17(27-15)29(25,26)9-11-6-7-12(19)13(20)8-11/h6-8,10,14H,9H2,1-5H3,(H,21,24)/t14-/m1/s1. The van der Waals surface area contributed by atoms with Crippen molar-refractivity contribution in [2.24, 2.45) is 5.92 Å². The van der Waals surface area contributed by atoms with Crippen LogP contribution in [0, 0.1) is 5.92 Å². The van der Waals surface area contributed by atoms with E-state index in [1.807, 2.05) is 13.8 Å². The highest BCUT2D eigenvalue weighted by Gasteiger charge is 2.30. The molecule has 1 N–H and O–H groups in total. The van der Waals surface area contributed by atoms with Crippen LogP contribution in [0.1, 0.15) is 52.1 Å². The maximum atomic E-state index is 12.6. The van der Waals surface area contributed by atoms with Gasteiger partial charge in [-0.1, -0.05) is 48.2 Å². The molecule has 8 nitrogen and oxygen atoms in total. The molecule has 0 saturated heterocycles. The molecule has 0 unspecified atom stereocenters. The van der Waals surface area contributed by atoms with Crippen molar-refractivity contribution in [3.63, 3.8) is 0 Å². The van der Waals surface area contributed by atoms with E-state index in [0.717, 1.165) is 0 Å². The molecule has 1 aromatic carbocycles. The molecule has 29 heavy (non-hydrogen) atoms. The first-order valence-electron chi connectivity index (χ1n) is 8.78. The van der Waals surface area contributed by atoms with Crippen molar-refractivity contribution in [1.29, 1.82) is 0 Å². The largest absolute Gasteiger partial charge is 0.444 e. The Morgan fingerprint density at radius 2 is 1.86 bits per heavy atom. The second-order valence-electron chi connectivity index (χ2n) is 7.78. The predicted molar refractivity (Wildman–Crippen MR) is 109 cm³/mol. The van der Waals surface area contributed by atoms with E-state index in [1.165, 1.54) is 12.1 Å². The predicted octanol–water partition coefficient (Wildman–Crippen LogP) is 4.57. The molecule has 0 spiro atoms. The Morgan fingerprint density at radius 1 is 1.21 bits per heavy atom. The van der Waals surface area contributed by atoms with Gasteiger partial charge < -0.3 is 14.5 Å². The van der Waals surface area contributed by atoms with Gasteiger partial charge in [0.2, 0.25) is 15.7 Å². The molecule has 2 aromatic rings. The van der Waals surface area contributed by atoms with Gasteiger partial charge in [0, 0.05) is 0 Å². The van der Waals surface area contributed by atoms with Gasteiger partial charge >= 0.3 is 11.3 Å². The number of nitrogens with zero attached hydrogens (tertiary/aromatic N) is 2. The lowest BCUT2D eigenvalue weighted by molar-refractivity contribution is 0.0477. The van der Waals surface area contributed by atoms with Crippen LogP contribution in [-0.4, -0.2) is 30.3 Å². The summed E-state index contributed by atoms with van der Waals surface area (Å²) >= 11 is 11.8. The van der Waals surface area contributed by atoms with Crippen LogP contribution in [-0.2, 0) is 20.3 Å². The molecule has 2 rings (SSSR count). The molecule has 0 bridgehead atoms. The highest BCUT2D eigenvalue weighted by molar-refractivity contribution is 7.90. The van der Waals surface area contributed by atoms with E-state index in [2.05, 4.69) is 15.5 Å². The molecule has 0 aliphatic rings. The second kappa shape index (κ2) is 8.89. The minimum Gasteiger partial charge on any atom is -0.444 e. The van der Waals surface area contributed by atoms with Gasteiger partial charge in [-0.05, 0) is 44.4 Å². The minimum absolute atomic E-state index is 0.0291. The summed E-state index contributed by atoms with van der Waals surface area (Å²) in [7, 11) is -3.92. The number of alkyl carbamates (subject to hydrolysis) is 1. The van der Waals surface area contributed by atoms with E-state index in [-0.39, 0.29) is 16.8 Å². The fraction of sp³-hybridized carbons (Fsp3) is 0.500. The number of carbonyl (C=O) groups excluding carboxylic acids is 1. The Labute approximate surface area is 179 Å². The highest BCUT2D eigenvalue weighted by atomic mass is 35.5. The molecule has 0 radical (unpaired) electrons. The number of ether oxygens (including phenoxy) is 1. The monoisotopic (exact) mass is 463 g/mol. The third kappa shape index (κ3) is 6.58. The van der Waals surface area contributed by atoms with E-state index < -0.39 is 38.5 Å². The summed E-state index contributed by atoms with van der Waals surface area (Å²) in [5.74, 6) is -0.579. The van der Waals surface area contributed by atoms with Gasteiger partial charge in [-0.3, -0.25) is 0 Å². The van der Waals surface area contributed by atoms with Crippen molar-refractivity contribution in [2.45, 2.75) is 57.2 Å². The van der Waals surface area contributed by atoms with Crippen LogP contribution in [0.25, 0.3) is 0 Å². The number of aromatic nitrogens is 2. The first-order valence-corrected chi connectivity index (χ1v) is 11.2. The van der Waals surface area contributed by atoms with Crippen LogP contribution in [0.5, 0.6) is 0 Å². The van der Waals surface area contributed by atoms with E-state index >= 15 is 0 Å². The van der Waals surface area contributed by atoms with Crippen molar-refractivity contribution in [2.75, 3.05) is 0 Å². The molecule has 160 valence electrons. The summed E-state index contributed by atoms with van der Waals surface area (Å²) < 4.78 is 35.9. The van der Waals surface area contributed by atoms with Crippen LogP contribution in [0.15, 0.2) is 27.8 Å². The third-order valence-corrected chi connectivity index (χ3v) is 5.78. The number of carbonyl (C=O) groups is 1. The van der Waals surface area contributed by atoms with Crippen molar-refractivity contribution < 1.29 is 22.4 Å². The Morgan fingerprint density at radius 3 is 2.41 bits per heavy atom. The van der Waals surface area contributed by atoms with Gasteiger partial charge in [0.1, 0.15) is 11.6 Å². The smallest absolute Gasteiger partial charge is 0.408 e. The lowest BCUT2D eigenvalue weighted by Gasteiger charge is -2.23. The van der Waals surface area contributed by atoms with Gasteiger partial charge in [0.25, 0.3) is 0 Å². The number of amides is 1. The molecule has 1 atom stereocenters. The summed E-state index contributed by atoms with van der Waals surface area (Å²) in [5.41, 5.74) is -0.263. The minimum atomic E-state index is -3.92. The van der Waals surface area contributed by atoms with Crippen LogP contribution in [0.3, 0.4) is 0 Å². The normalized spacial score (nSPS) is 13.4. The Balaban J connectivity index is 2.21. The van der Waals surface area contributed by atoms with E-state index in [1.54, 1.807) is 26.8 Å². The Kier molecular flexibility index (Phi) is 7.19. The zero-order chi connectivity index (χ0) is 22.0. The van der Waals surface area contributed by atoms with Crippen LogP contribution >= 0.6 is 23.2 Å². The number of hydrogen-bond acceptors (Lipinski definition) is 7. The second-order valence-corrected chi connectivity index (χ2v) is 10.5. The van der Waals surface area contributed by atoms with Crippen molar-refractivity contribution in [3.8, 4) is 0 Å². The number of benzene rings is 1. The van der Waals surface area contributed by atoms with Crippen molar-refractivity contribution >= 4 is 39.1 Å². The lowest BCUT2D eigenvalue weighted by atomic mass is 10.1. The summed E-state index contributed by atoms with van der Waals surface area (Å²) in [6, 6.07) is 3.79. The Bertz CT molecular complexity index is 984. The molecule has 0 aliphatic carbocycles. The molecule has 0 aliphatic heterocycles. The number of sulfone groups is 1. The van der Waals surface area contributed by atoms with Crippen molar-refractivity contribution in [1.82, 2.24) is 15.5 Å². The summed E-state index contributed by atoms with van der Waals surface area (Å²) in [6.45, 7) is 8.83. The Hall–Kier alpha value is -1.84.